The lowest BCUT2D eigenvalue weighted by molar-refractivity contribution is 0.370. The standard InChI is InChI=1S/C18H19N3O4S2/c1-21(12-13-4-3-5-16(25-2)17(13)22)14-6-8-15(9-7-14)27(23,24)20-18-19-10-11-26-18/h3-11H,12H2,1-2H3,(H2-,19,20,22,23,24). The van der Waals surface area contributed by atoms with Crippen LogP contribution < -0.4 is 14.4 Å². The number of aromatic hydroxyl groups is 1. The Morgan fingerprint density at radius 3 is 2.67 bits per heavy atom. The normalized spacial score (nSPS) is 13.0. The zero-order chi connectivity index (χ0) is 19.4. The predicted octanol–water partition coefficient (Wildman–Crippen LogP) is 3.51. The lowest BCUT2D eigenvalue weighted by Gasteiger charge is -2.21. The Morgan fingerprint density at radius 2 is 2.04 bits per heavy atom. The number of anilines is 2. The average molecular weight is 406 g/mol. The molecule has 7 nitrogen and oxygen atoms in total. The number of rotatable bonds is 7. The fourth-order valence-corrected chi connectivity index (χ4v) is 4.32. The Morgan fingerprint density at radius 1 is 1.30 bits per heavy atom. The summed E-state index contributed by atoms with van der Waals surface area (Å²) in [6, 6.07) is 11.8. The highest BCUT2D eigenvalue weighted by Crippen LogP contribution is 2.31. The van der Waals surface area contributed by atoms with Crippen LogP contribution in [0.2, 0.25) is 0 Å². The van der Waals surface area contributed by atoms with E-state index in [4.69, 9.17) is 4.74 Å². The van der Waals surface area contributed by atoms with Crippen LogP contribution in [0.5, 0.6) is 11.5 Å². The molecule has 1 atom stereocenters. The third-order valence-corrected chi connectivity index (χ3v) is 6.12. The van der Waals surface area contributed by atoms with Crippen molar-refractivity contribution in [1.29, 1.82) is 0 Å². The molecule has 1 aromatic heterocycles. The van der Waals surface area contributed by atoms with Crippen molar-refractivity contribution < 1.29 is 18.6 Å². The number of hydrogen-bond donors (Lipinski definition) is 2. The molecule has 2 N–H and O–H groups in total. The number of ether oxygens (including phenoxy) is 1. The molecule has 0 aliphatic carbocycles. The minimum atomic E-state index is -3.68. The van der Waals surface area contributed by atoms with Gasteiger partial charge in [-0.05, 0) is 30.3 Å². The first-order valence-corrected chi connectivity index (χ1v) is 10.4. The molecular weight excluding hydrogens is 386 g/mol. The van der Waals surface area contributed by atoms with Crippen molar-refractivity contribution in [2.75, 3.05) is 23.8 Å². The van der Waals surface area contributed by atoms with Crippen LogP contribution in [0.3, 0.4) is 0 Å². The summed E-state index contributed by atoms with van der Waals surface area (Å²) in [5, 5.41) is 12.2. The van der Waals surface area contributed by atoms with Crippen LogP contribution in [-0.2, 0) is 21.2 Å². The number of sulfonamides is 1. The molecule has 1 heterocycles. The monoisotopic (exact) mass is 405 g/mol. The van der Waals surface area contributed by atoms with E-state index in [1.54, 1.807) is 23.6 Å². The second kappa shape index (κ2) is 7.95. The van der Waals surface area contributed by atoms with E-state index in [0.29, 0.717) is 23.0 Å². The first-order chi connectivity index (χ1) is 12.9. The van der Waals surface area contributed by atoms with E-state index in [0.717, 1.165) is 5.69 Å². The molecule has 0 radical (unpaired) electrons. The molecule has 2 aromatic carbocycles. The summed E-state index contributed by atoms with van der Waals surface area (Å²) in [6.45, 7) is 0.437. The highest BCUT2D eigenvalue weighted by Gasteiger charge is 2.21. The maximum absolute atomic E-state index is 12.4. The lowest BCUT2D eigenvalue weighted by atomic mass is 10.1. The van der Waals surface area contributed by atoms with Crippen LogP contribution in [0.15, 0.2) is 58.9 Å². The minimum Gasteiger partial charge on any atom is -0.588 e. The third kappa shape index (κ3) is 4.38. The van der Waals surface area contributed by atoms with Crippen LogP contribution in [0.4, 0.5) is 10.8 Å². The van der Waals surface area contributed by atoms with Crippen LogP contribution in [0, 0.1) is 0 Å². The number of para-hydroxylation sites is 1. The third-order valence-electron chi connectivity index (χ3n) is 3.95. The number of nitrogens with zero attached hydrogens (tertiary/aromatic N) is 2. The highest BCUT2D eigenvalue weighted by atomic mass is 32.3. The summed E-state index contributed by atoms with van der Waals surface area (Å²) in [7, 11) is -0.319. The van der Waals surface area contributed by atoms with Crippen LogP contribution >= 0.6 is 11.3 Å². The number of phenolic OH excluding ortho intramolecular Hbond substituents is 1. The highest BCUT2D eigenvalue weighted by molar-refractivity contribution is 7.99. The molecule has 0 spiro atoms. The van der Waals surface area contributed by atoms with Crippen molar-refractivity contribution in [1.82, 2.24) is 4.98 Å². The van der Waals surface area contributed by atoms with Gasteiger partial charge in [0.1, 0.15) is 0 Å². The molecule has 0 bridgehead atoms. The molecule has 142 valence electrons. The van der Waals surface area contributed by atoms with Gasteiger partial charge in [-0.2, -0.15) is 4.72 Å². The van der Waals surface area contributed by atoms with Gasteiger partial charge in [-0.15, -0.1) is 11.3 Å². The fraction of sp³-hybridized carbons (Fsp3) is 0.167. The molecule has 0 saturated heterocycles. The van der Waals surface area contributed by atoms with Gasteiger partial charge in [-0.3, -0.25) is 0 Å². The van der Waals surface area contributed by atoms with E-state index in [2.05, 4.69) is 9.71 Å². The van der Waals surface area contributed by atoms with Crippen molar-refractivity contribution in [3.05, 3.63) is 59.6 Å². The summed E-state index contributed by atoms with van der Waals surface area (Å²) in [4.78, 5) is 5.98. The molecule has 1 unspecified atom stereocenters. The van der Waals surface area contributed by atoms with Gasteiger partial charge in [-0.25, -0.2) is 4.98 Å². The second-order valence-corrected chi connectivity index (χ2v) is 8.34. The molecule has 0 amide bonds. The van der Waals surface area contributed by atoms with E-state index in [9.17, 15) is 13.9 Å². The van der Waals surface area contributed by atoms with Gasteiger partial charge in [-0.1, -0.05) is 16.3 Å². The number of methoxy groups -OCH3 is 1. The lowest BCUT2D eigenvalue weighted by Crippen LogP contribution is -2.21. The number of hydrogen-bond acceptors (Lipinski definition) is 7. The quantitative estimate of drug-likeness (QED) is 0.584. The average Bonchev–Trinajstić information content (AvgIpc) is 3.16. The van der Waals surface area contributed by atoms with Gasteiger partial charge in [0.15, 0.2) is 26.8 Å². The van der Waals surface area contributed by atoms with Gasteiger partial charge < -0.3 is 19.3 Å². The zero-order valence-electron chi connectivity index (χ0n) is 14.8. The van der Waals surface area contributed by atoms with E-state index in [1.165, 1.54) is 36.8 Å². The molecule has 0 saturated carbocycles. The molecule has 0 aliphatic rings. The van der Waals surface area contributed by atoms with Gasteiger partial charge in [0.05, 0.1) is 7.11 Å². The Balaban J connectivity index is 1.74. The Bertz CT molecular complexity index is 946. The van der Waals surface area contributed by atoms with E-state index < -0.39 is 10.4 Å². The van der Waals surface area contributed by atoms with Crippen LogP contribution in [0.1, 0.15) is 5.56 Å². The number of thiazole rings is 1. The number of benzene rings is 2. The summed E-state index contributed by atoms with van der Waals surface area (Å²) >= 11 is 1.21. The summed E-state index contributed by atoms with van der Waals surface area (Å²) in [6.07, 6.45) is 1.54. The SMILES string of the molecule is COc1cccc(CN(C)c2ccc([S+](=O)([O-])Nc3nccs3)cc2)c1O. The second-order valence-electron chi connectivity index (χ2n) is 5.76. The minimum absolute atomic E-state index is 0.0960. The van der Waals surface area contributed by atoms with Gasteiger partial charge >= 0.3 is 0 Å². The van der Waals surface area contributed by atoms with Crippen molar-refractivity contribution in [2.45, 2.75) is 11.4 Å². The molecule has 3 rings (SSSR count). The van der Waals surface area contributed by atoms with Crippen molar-refractivity contribution in [3.8, 4) is 11.5 Å². The topological polar surface area (TPSA) is 97.8 Å². The maximum Gasteiger partial charge on any atom is 0.225 e. The Kier molecular flexibility index (Phi) is 5.64. The summed E-state index contributed by atoms with van der Waals surface area (Å²) in [5.41, 5.74) is 1.52. The Labute approximate surface area is 162 Å². The number of phenols is 1. The molecular formula is C18H19N3O4S2. The molecule has 0 fully saturated rings. The summed E-state index contributed by atoms with van der Waals surface area (Å²) in [5.74, 6) is 0.509. The molecule has 0 aliphatic heterocycles. The van der Waals surface area contributed by atoms with Crippen molar-refractivity contribution in [2.24, 2.45) is 0 Å². The summed E-state index contributed by atoms with van der Waals surface area (Å²) < 4.78 is 32.3. The zero-order valence-corrected chi connectivity index (χ0v) is 16.4. The van der Waals surface area contributed by atoms with Crippen molar-refractivity contribution in [3.63, 3.8) is 0 Å². The maximum atomic E-state index is 12.4. The van der Waals surface area contributed by atoms with Gasteiger partial charge in [0, 0.05) is 36.4 Å². The Hall–Kier alpha value is -2.62. The van der Waals surface area contributed by atoms with Gasteiger partial charge in [0.2, 0.25) is 5.13 Å². The first kappa shape index (κ1) is 19.2. The predicted molar refractivity (Wildman–Crippen MR) is 106 cm³/mol. The largest absolute Gasteiger partial charge is 0.588 e. The van der Waals surface area contributed by atoms with E-state index in [-0.39, 0.29) is 10.6 Å². The van der Waals surface area contributed by atoms with Gasteiger partial charge in [0.25, 0.3) is 0 Å². The van der Waals surface area contributed by atoms with Crippen molar-refractivity contribution >= 4 is 32.6 Å². The van der Waals surface area contributed by atoms with Crippen LogP contribution in [0.25, 0.3) is 0 Å². The van der Waals surface area contributed by atoms with E-state index in [1.807, 2.05) is 24.1 Å². The molecule has 9 heteroatoms. The number of nitrogens with one attached hydrogen (secondary N) is 1. The number of aromatic nitrogens is 1. The van der Waals surface area contributed by atoms with E-state index >= 15 is 0 Å². The smallest absolute Gasteiger partial charge is 0.225 e. The first-order valence-electron chi connectivity index (χ1n) is 7.99. The van der Waals surface area contributed by atoms with Crippen LogP contribution in [-0.4, -0.2) is 28.8 Å². The molecule has 27 heavy (non-hydrogen) atoms. The molecule has 3 aromatic rings. The fourth-order valence-electron chi connectivity index (χ4n) is 2.53.